The van der Waals surface area contributed by atoms with Gasteiger partial charge in [0.1, 0.15) is 6.10 Å². The van der Waals surface area contributed by atoms with Crippen molar-refractivity contribution in [1.82, 2.24) is 9.78 Å². The minimum Gasteiger partial charge on any atom is -0.386 e. The molecule has 1 atom stereocenters. The Balaban J connectivity index is 2.17. The van der Waals surface area contributed by atoms with Gasteiger partial charge in [-0.25, -0.2) is 0 Å². The molecule has 1 aromatic heterocycles. The molecule has 0 aliphatic heterocycles. The Morgan fingerprint density at radius 3 is 2.58 bits per heavy atom. The van der Waals surface area contributed by atoms with Gasteiger partial charge < -0.3 is 5.11 Å². The maximum atomic E-state index is 10.4. The molecule has 0 fully saturated rings. The minimum absolute atomic E-state index is 0.551. The fraction of sp³-hybridized carbons (Fsp3) is 0.357. The van der Waals surface area contributed by atoms with E-state index < -0.39 is 6.10 Å². The van der Waals surface area contributed by atoms with E-state index in [2.05, 4.69) is 43.9 Å². The maximum Gasteiger partial charge on any atom is 0.101 e. The molecule has 1 aromatic carbocycles. The van der Waals surface area contributed by atoms with E-state index in [9.17, 15) is 5.11 Å². The Morgan fingerprint density at radius 1 is 1.26 bits per heavy atom. The van der Waals surface area contributed by atoms with E-state index in [1.807, 2.05) is 28.9 Å². The molecule has 0 bridgehead atoms. The van der Waals surface area contributed by atoms with Crippen LogP contribution in [0, 0.1) is 0 Å². The number of aliphatic hydroxyl groups is 1. The SMILES string of the molecule is CCCn1ncc(Br)c1C(O)Cc1ccc(Br)cc1. The fourth-order valence-electron chi connectivity index (χ4n) is 2.03. The zero-order valence-electron chi connectivity index (χ0n) is 10.7. The first kappa shape index (κ1) is 14.8. The number of nitrogens with zero attached hydrogens (tertiary/aromatic N) is 2. The number of halogens is 2. The molecule has 19 heavy (non-hydrogen) atoms. The van der Waals surface area contributed by atoms with Crippen molar-refractivity contribution in [3.05, 3.63) is 50.7 Å². The molecule has 0 saturated heterocycles. The zero-order chi connectivity index (χ0) is 13.8. The van der Waals surface area contributed by atoms with Crippen LogP contribution >= 0.6 is 31.9 Å². The van der Waals surface area contributed by atoms with Gasteiger partial charge in [-0.2, -0.15) is 5.10 Å². The predicted octanol–water partition coefficient (Wildman–Crippen LogP) is 4.09. The first-order valence-corrected chi connectivity index (χ1v) is 7.84. The highest BCUT2D eigenvalue weighted by Crippen LogP contribution is 2.26. The lowest BCUT2D eigenvalue weighted by Crippen LogP contribution is -2.11. The summed E-state index contributed by atoms with van der Waals surface area (Å²) in [6.07, 6.45) is 2.77. The van der Waals surface area contributed by atoms with E-state index in [0.717, 1.165) is 33.2 Å². The normalized spacial score (nSPS) is 12.6. The lowest BCUT2D eigenvalue weighted by molar-refractivity contribution is 0.166. The Hall–Kier alpha value is -0.650. The van der Waals surface area contributed by atoms with Crippen LogP contribution in [0.15, 0.2) is 39.4 Å². The number of benzene rings is 1. The Kier molecular flexibility index (Phi) is 5.19. The molecular weight excluding hydrogens is 372 g/mol. The van der Waals surface area contributed by atoms with Gasteiger partial charge in [0.05, 0.1) is 16.4 Å². The van der Waals surface area contributed by atoms with Crippen LogP contribution in [0.4, 0.5) is 0 Å². The van der Waals surface area contributed by atoms with Crippen LogP contribution in [0.1, 0.15) is 30.7 Å². The molecule has 2 aromatic rings. The number of aryl methyl sites for hydroxylation is 1. The third-order valence-electron chi connectivity index (χ3n) is 2.93. The van der Waals surface area contributed by atoms with E-state index in [1.54, 1.807) is 6.20 Å². The third kappa shape index (κ3) is 3.68. The summed E-state index contributed by atoms with van der Waals surface area (Å²) in [5.41, 5.74) is 1.96. The molecule has 0 amide bonds. The predicted molar refractivity (Wildman–Crippen MR) is 83.0 cm³/mol. The minimum atomic E-state index is -0.551. The van der Waals surface area contributed by atoms with Crippen LogP contribution < -0.4 is 0 Å². The van der Waals surface area contributed by atoms with Crippen LogP contribution in [0.5, 0.6) is 0 Å². The molecule has 1 heterocycles. The topological polar surface area (TPSA) is 38.0 Å². The van der Waals surface area contributed by atoms with E-state index in [4.69, 9.17) is 0 Å². The number of aliphatic hydroxyl groups excluding tert-OH is 1. The van der Waals surface area contributed by atoms with Crippen LogP contribution in [-0.4, -0.2) is 14.9 Å². The molecule has 0 saturated carbocycles. The number of hydrogen-bond acceptors (Lipinski definition) is 2. The van der Waals surface area contributed by atoms with Gasteiger partial charge >= 0.3 is 0 Å². The van der Waals surface area contributed by atoms with E-state index >= 15 is 0 Å². The first-order valence-electron chi connectivity index (χ1n) is 6.25. The molecule has 0 spiro atoms. The van der Waals surface area contributed by atoms with Gasteiger partial charge in [0.15, 0.2) is 0 Å². The third-order valence-corrected chi connectivity index (χ3v) is 4.07. The summed E-state index contributed by atoms with van der Waals surface area (Å²) in [7, 11) is 0. The Bertz CT molecular complexity index is 537. The van der Waals surface area contributed by atoms with Crippen molar-refractivity contribution in [3.8, 4) is 0 Å². The highest BCUT2D eigenvalue weighted by Gasteiger charge is 2.17. The van der Waals surface area contributed by atoms with Crippen molar-refractivity contribution in [1.29, 1.82) is 0 Å². The summed E-state index contributed by atoms with van der Waals surface area (Å²) in [5.74, 6) is 0. The molecule has 0 radical (unpaired) electrons. The largest absolute Gasteiger partial charge is 0.386 e. The van der Waals surface area contributed by atoms with Gasteiger partial charge in [-0.1, -0.05) is 35.0 Å². The quantitative estimate of drug-likeness (QED) is 0.838. The van der Waals surface area contributed by atoms with Gasteiger partial charge in [0.25, 0.3) is 0 Å². The van der Waals surface area contributed by atoms with Gasteiger partial charge in [-0.05, 0) is 40.0 Å². The summed E-state index contributed by atoms with van der Waals surface area (Å²) in [6, 6.07) is 8.00. The second-order valence-electron chi connectivity index (χ2n) is 4.45. The zero-order valence-corrected chi connectivity index (χ0v) is 13.9. The first-order chi connectivity index (χ1) is 9.11. The molecular formula is C14H16Br2N2O. The van der Waals surface area contributed by atoms with Crippen LogP contribution in [0.3, 0.4) is 0 Å². The summed E-state index contributed by atoms with van der Waals surface area (Å²) in [5, 5.41) is 14.7. The Labute approximate surface area is 129 Å². The van der Waals surface area contributed by atoms with Crippen LogP contribution in [-0.2, 0) is 13.0 Å². The van der Waals surface area contributed by atoms with Crippen molar-refractivity contribution >= 4 is 31.9 Å². The molecule has 1 N–H and O–H groups in total. The molecule has 3 nitrogen and oxygen atoms in total. The van der Waals surface area contributed by atoms with Gasteiger partial charge in [-0.15, -0.1) is 0 Å². The standard InChI is InChI=1S/C14H16Br2N2O/c1-2-7-18-14(12(16)9-17-18)13(19)8-10-3-5-11(15)6-4-10/h3-6,9,13,19H,2,7-8H2,1H3. The second kappa shape index (κ2) is 6.68. The highest BCUT2D eigenvalue weighted by molar-refractivity contribution is 9.10. The number of aromatic nitrogens is 2. The average molecular weight is 388 g/mol. The summed E-state index contributed by atoms with van der Waals surface area (Å²) < 4.78 is 3.78. The van der Waals surface area contributed by atoms with Crippen LogP contribution in [0.2, 0.25) is 0 Å². The van der Waals surface area contributed by atoms with Crippen LogP contribution in [0.25, 0.3) is 0 Å². The summed E-state index contributed by atoms with van der Waals surface area (Å²) in [6.45, 7) is 2.92. The lowest BCUT2D eigenvalue weighted by atomic mass is 10.1. The lowest BCUT2D eigenvalue weighted by Gasteiger charge is -2.14. The number of rotatable bonds is 5. The molecule has 102 valence electrons. The van der Waals surface area contributed by atoms with Crippen molar-refractivity contribution in [2.24, 2.45) is 0 Å². The van der Waals surface area contributed by atoms with Gasteiger partial charge in [0.2, 0.25) is 0 Å². The molecule has 0 aliphatic rings. The van der Waals surface area contributed by atoms with Crippen molar-refractivity contribution in [2.75, 3.05) is 0 Å². The van der Waals surface area contributed by atoms with Gasteiger partial charge in [0, 0.05) is 17.4 Å². The fourth-order valence-corrected chi connectivity index (χ4v) is 2.86. The molecule has 5 heteroatoms. The average Bonchev–Trinajstić information content (AvgIpc) is 2.74. The van der Waals surface area contributed by atoms with Crippen molar-refractivity contribution in [2.45, 2.75) is 32.4 Å². The number of hydrogen-bond donors (Lipinski definition) is 1. The maximum absolute atomic E-state index is 10.4. The van der Waals surface area contributed by atoms with Crippen molar-refractivity contribution < 1.29 is 5.11 Å². The molecule has 2 rings (SSSR count). The van der Waals surface area contributed by atoms with E-state index in [1.165, 1.54) is 0 Å². The second-order valence-corrected chi connectivity index (χ2v) is 6.22. The van der Waals surface area contributed by atoms with Crippen molar-refractivity contribution in [3.63, 3.8) is 0 Å². The summed E-state index contributed by atoms with van der Waals surface area (Å²) in [4.78, 5) is 0. The smallest absolute Gasteiger partial charge is 0.101 e. The van der Waals surface area contributed by atoms with E-state index in [0.29, 0.717) is 6.42 Å². The molecule has 1 unspecified atom stereocenters. The molecule has 0 aliphatic carbocycles. The highest BCUT2D eigenvalue weighted by atomic mass is 79.9. The Morgan fingerprint density at radius 2 is 1.95 bits per heavy atom. The monoisotopic (exact) mass is 386 g/mol. The van der Waals surface area contributed by atoms with Gasteiger partial charge in [-0.3, -0.25) is 4.68 Å². The van der Waals surface area contributed by atoms with E-state index in [-0.39, 0.29) is 0 Å². The summed E-state index contributed by atoms with van der Waals surface area (Å²) >= 11 is 6.87.